The lowest BCUT2D eigenvalue weighted by molar-refractivity contribution is -0.139. The predicted molar refractivity (Wildman–Crippen MR) is 128 cm³/mol. The van der Waals surface area contributed by atoms with Gasteiger partial charge < -0.3 is 14.5 Å². The molecule has 2 rings (SSSR count). The van der Waals surface area contributed by atoms with Crippen molar-refractivity contribution < 1.29 is 35.9 Å². The van der Waals surface area contributed by atoms with Gasteiger partial charge in [-0.2, -0.15) is 31.4 Å². The molecule has 1 unspecified atom stereocenters. The van der Waals surface area contributed by atoms with Gasteiger partial charge in [0.15, 0.2) is 0 Å². The van der Waals surface area contributed by atoms with E-state index < -0.39 is 35.2 Å². The number of H-pyrrole nitrogens is 1. The molecule has 0 bridgehead atoms. The summed E-state index contributed by atoms with van der Waals surface area (Å²) < 4.78 is 83.6. The molecule has 1 aromatic heterocycles. The zero-order chi connectivity index (χ0) is 28.5. The molecule has 38 heavy (non-hydrogen) atoms. The molecule has 212 valence electrons. The second-order valence-electron chi connectivity index (χ2n) is 8.39. The maximum Gasteiger partial charge on any atom is 0.421 e. The number of aliphatic imine (C=N–C) groups is 1. The predicted octanol–water partition coefficient (Wildman–Crippen LogP) is 4.62. The third kappa shape index (κ3) is 8.71. The van der Waals surface area contributed by atoms with Gasteiger partial charge in [-0.15, -0.1) is 0 Å². The van der Waals surface area contributed by atoms with Crippen LogP contribution in [0.15, 0.2) is 39.4 Å². The highest BCUT2D eigenvalue weighted by molar-refractivity contribution is 5.81. The number of carbonyl (C=O) groups excluding carboxylic acids is 1. The van der Waals surface area contributed by atoms with Crippen LogP contribution in [0.1, 0.15) is 57.4 Å². The van der Waals surface area contributed by atoms with E-state index in [1.165, 1.54) is 6.92 Å². The van der Waals surface area contributed by atoms with Crippen molar-refractivity contribution in [3.63, 3.8) is 0 Å². The summed E-state index contributed by atoms with van der Waals surface area (Å²) in [4.78, 5) is 31.5. The van der Waals surface area contributed by atoms with Gasteiger partial charge in [0.1, 0.15) is 17.5 Å². The molecule has 1 aliphatic heterocycles. The fourth-order valence-electron chi connectivity index (χ4n) is 3.73. The highest BCUT2D eigenvalue weighted by atomic mass is 19.4. The van der Waals surface area contributed by atoms with Crippen LogP contribution >= 0.6 is 0 Å². The number of hydrogen-bond acceptors (Lipinski definition) is 6. The summed E-state index contributed by atoms with van der Waals surface area (Å²) >= 11 is 0. The van der Waals surface area contributed by atoms with Crippen molar-refractivity contribution in [1.82, 2.24) is 20.0 Å². The third-order valence-electron chi connectivity index (χ3n) is 5.78. The van der Waals surface area contributed by atoms with Crippen LogP contribution in [-0.4, -0.2) is 71.1 Å². The van der Waals surface area contributed by atoms with Gasteiger partial charge in [0, 0.05) is 32.4 Å². The van der Waals surface area contributed by atoms with Crippen LogP contribution in [0.4, 0.5) is 26.3 Å². The van der Waals surface area contributed by atoms with Gasteiger partial charge >= 0.3 is 12.4 Å². The second kappa shape index (κ2) is 13.6. The molecule has 1 saturated heterocycles. The largest absolute Gasteiger partial charge is 0.421 e. The van der Waals surface area contributed by atoms with Gasteiger partial charge in [0.05, 0.1) is 24.3 Å². The number of amides is 1. The molecule has 1 fully saturated rings. The normalized spacial score (nSPS) is 16.9. The first-order chi connectivity index (χ1) is 17.8. The molecule has 0 radical (unpaired) electrons. The number of allylic oxidation sites excluding steroid dienone is 3. The molecule has 8 nitrogen and oxygen atoms in total. The van der Waals surface area contributed by atoms with Gasteiger partial charge in [-0.25, -0.2) is 10.1 Å². The number of piperazine rings is 1. The molecule has 1 atom stereocenters. The highest BCUT2D eigenvalue weighted by Gasteiger charge is 2.35. The molecule has 1 N–H and O–H groups in total. The molecule has 0 saturated carbocycles. The molecule has 1 aliphatic rings. The second-order valence-corrected chi connectivity index (χ2v) is 8.39. The number of rotatable bonds is 10. The summed E-state index contributed by atoms with van der Waals surface area (Å²) in [6.07, 6.45) is -5.96. The van der Waals surface area contributed by atoms with E-state index in [4.69, 9.17) is 4.74 Å². The first-order valence-corrected chi connectivity index (χ1v) is 12.1. The molecule has 2 heterocycles. The number of alkyl halides is 6. The average molecular weight is 552 g/mol. The number of nitrogens with one attached hydrogen (secondary N) is 1. The lowest BCUT2D eigenvalue weighted by Gasteiger charge is -2.36. The van der Waals surface area contributed by atoms with Crippen molar-refractivity contribution in [3.8, 4) is 0 Å². The molecular weight excluding hydrogens is 520 g/mol. The van der Waals surface area contributed by atoms with E-state index in [1.54, 1.807) is 22.8 Å². The van der Waals surface area contributed by atoms with Crippen molar-refractivity contribution in [2.24, 2.45) is 4.99 Å². The topological polar surface area (TPSA) is 90.9 Å². The number of halogens is 6. The monoisotopic (exact) mass is 551 g/mol. The lowest BCUT2D eigenvalue weighted by atomic mass is 10.1. The van der Waals surface area contributed by atoms with E-state index in [0.29, 0.717) is 44.5 Å². The van der Waals surface area contributed by atoms with Crippen LogP contribution in [0.5, 0.6) is 0 Å². The smallest absolute Gasteiger partial charge is 0.371 e. The molecule has 14 heteroatoms. The minimum absolute atomic E-state index is 0.0297. The Morgan fingerprint density at radius 1 is 1.16 bits per heavy atom. The summed E-state index contributed by atoms with van der Waals surface area (Å²) in [6.45, 7) is 6.09. The Morgan fingerprint density at radius 2 is 1.79 bits per heavy atom. The van der Waals surface area contributed by atoms with E-state index in [0.717, 1.165) is 12.3 Å². The van der Waals surface area contributed by atoms with Gasteiger partial charge in [0.2, 0.25) is 5.91 Å². The van der Waals surface area contributed by atoms with E-state index in [2.05, 4.69) is 10.1 Å². The summed E-state index contributed by atoms with van der Waals surface area (Å²) in [5.74, 6) is 0.159. The minimum Gasteiger partial charge on any atom is -0.371 e. The van der Waals surface area contributed by atoms with Crippen LogP contribution in [0.2, 0.25) is 0 Å². The van der Waals surface area contributed by atoms with Crippen molar-refractivity contribution in [2.45, 2.75) is 58.5 Å². The Bertz CT molecular complexity index is 1090. The standard InChI is InChI=1S/C24H31F6N5O3/c1-4-7-20(31-15-16(5-2)23(25,26)27)34-9-11-35(12-10-34)21(36)8-13-38-19(6-3)18-14-17(24(28,29)30)22(37)33-32-18/h5,7,14-15,19H,4,6,8-13H2,1-3H3,(H,33,37)/b16-5+,20-7-,31-15-. The minimum atomic E-state index is -4.84. The first-order valence-electron chi connectivity index (χ1n) is 12.1. The number of aromatic amines is 1. The molecule has 1 aromatic rings. The zero-order valence-corrected chi connectivity index (χ0v) is 21.3. The van der Waals surface area contributed by atoms with Gasteiger partial charge in [-0.1, -0.05) is 19.9 Å². The molecule has 1 amide bonds. The van der Waals surface area contributed by atoms with E-state index in [9.17, 15) is 35.9 Å². The number of aromatic nitrogens is 2. The van der Waals surface area contributed by atoms with E-state index in [1.807, 2.05) is 12.0 Å². The Balaban J connectivity index is 1.92. The van der Waals surface area contributed by atoms with Crippen LogP contribution in [-0.2, 0) is 15.7 Å². The first kappa shape index (κ1) is 31.1. The zero-order valence-electron chi connectivity index (χ0n) is 21.3. The van der Waals surface area contributed by atoms with Crippen LogP contribution in [0, 0.1) is 0 Å². The summed E-state index contributed by atoms with van der Waals surface area (Å²) in [5.41, 5.74) is -3.68. The number of carbonyl (C=O) groups is 1. The van der Waals surface area contributed by atoms with Gasteiger partial charge in [-0.05, 0) is 31.9 Å². The highest BCUT2D eigenvalue weighted by Crippen LogP contribution is 2.29. The van der Waals surface area contributed by atoms with Crippen LogP contribution < -0.4 is 5.56 Å². The van der Waals surface area contributed by atoms with Crippen molar-refractivity contribution in [3.05, 3.63) is 51.2 Å². The third-order valence-corrected chi connectivity index (χ3v) is 5.78. The Morgan fingerprint density at radius 3 is 2.32 bits per heavy atom. The van der Waals surface area contributed by atoms with Crippen molar-refractivity contribution >= 4 is 12.1 Å². The SMILES string of the molecule is C\C=C(/C=N\C(=C\CC)N1CCN(C(=O)CCOC(CC)c2cc(C(F)(F)F)c(=O)[nH]n2)CC1)C(F)(F)F. The van der Waals surface area contributed by atoms with Crippen molar-refractivity contribution in [2.75, 3.05) is 32.8 Å². The Hall–Kier alpha value is -3.16. The maximum atomic E-state index is 13.0. The van der Waals surface area contributed by atoms with E-state index in [-0.39, 0.29) is 31.0 Å². The Kier molecular flexibility index (Phi) is 11.1. The number of nitrogens with zero attached hydrogens (tertiary/aromatic N) is 4. The summed E-state index contributed by atoms with van der Waals surface area (Å²) in [5, 5.41) is 5.48. The molecule has 0 aromatic carbocycles. The van der Waals surface area contributed by atoms with Crippen molar-refractivity contribution in [1.29, 1.82) is 0 Å². The fraction of sp³-hybridized carbons (Fsp3) is 0.583. The average Bonchev–Trinajstić information content (AvgIpc) is 2.85. The maximum absolute atomic E-state index is 13.0. The summed E-state index contributed by atoms with van der Waals surface area (Å²) in [7, 11) is 0. The summed E-state index contributed by atoms with van der Waals surface area (Å²) in [6, 6.07) is 0.645. The van der Waals surface area contributed by atoms with Gasteiger partial charge in [0.25, 0.3) is 5.56 Å². The quantitative estimate of drug-likeness (QED) is 0.339. The number of ether oxygens (including phenoxy) is 1. The fourth-order valence-corrected chi connectivity index (χ4v) is 3.73. The number of hydrogen-bond donors (Lipinski definition) is 1. The Labute approximate surface area is 216 Å². The van der Waals surface area contributed by atoms with Crippen LogP contribution in [0.25, 0.3) is 0 Å². The molecule has 0 spiro atoms. The van der Waals surface area contributed by atoms with E-state index >= 15 is 0 Å². The van der Waals surface area contributed by atoms with Gasteiger partial charge in [-0.3, -0.25) is 9.59 Å². The van der Waals surface area contributed by atoms with Crippen LogP contribution in [0.3, 0.4) is 0 Å². The molecular formula is C24H31F6N5O3. The lowest BCUT2D eigenvalue weighted by Crippen LogP contribution is -2.48. The molecule has 0 aliphatic carbocycles.